The molecule has 1 N–H and O–H groups in total. The molecule has 0 heterocycles. The molecule has 0 fully saturated rings. The van der Waals surface area contributed by atoms with Crippen LogP contribution in [0.4, 0.5) is 0 Å². The zero-order valence-electron chi connectivity index (χ0n) is 16.3. The highest BCUT2D eigenvalue weighted by Crippen LogP contribution is 2.24. The lowest BCUT2D eigenvalue weighted by Crippen LogP contribution is -2.50. The van der Waals surface area contributed by atoms with Gasteiger partial charge >= 0.3 is 0 Å². The van der Waals surface area contributed by atoms with Crippen molar-refractivity contribution in [3.63, 3.8) is 0 Å². The van der Waals surface area contributed by atoms with Crippen LogP contribution in [0, 0.1) is 0 Å². The lowest BCUT2D eigenvalue weighted by atomic mass is 10.0. The molecular weight excluding hydrogens is 395 g/mol. The van der Waals surface area contributed by atoms with Crippen molar-refractivity contribution in [2.24, 2.45) is 0 Å². The summed E-state index contributed by atoms with van der Waals surface area (Å²) in [4.78, 5) is 27.3. The molecule has 2 aromatic carbocycles. The molecule has 2 aromatic rings. The van der Waals surface area contributed by atoms with Crippen molar-refractivity contribution in [3.8, 4) is 0 Å². The Morgan fingerprint density at radius 2 is 1.79 bits per heavy atom. The van der Waals surface area contributed by atoms with Gasteiger partial charge in [0, 0.05) is 36.0 Å². The highest BCUT2D eigenvalue weighted by molar-refractivity contribution is 6.35. The zero-order chi connectivity index (χ0) is 20.5. The van der Waals surface area contributed by atoms with E-state index in [4.69, 9.17) is 23.2 Å². The standard InChI is InChI=1S/C22H26Cl2N2O2/c1-3-12-25-22(28)20(13-16-8-6-5-7-9-16)26(21(27)4-2)15-17-10-11-18(23)14-19(17)24/h5-11,14,20H,3-4,12-13,15H2,1-2H3,(H,25,28)/t20-/m1/s1. The number of hydrogen-bond donors (Lipinski definition) is 1. The second kappa shape index (κ2) is 11.1. The summed E-state index contributed by atoms with van der Waals surface area (Å²) < 4.78 is 0. The molecule has 0 aromatic heterocycles. The number of benzene rings is 2. The van der Waals surface area contributed by atoms with Crippen molar-refractivity contribution in [2.45, 2.75) is 45.7 Å². The summed E-state index contributed by atoms with van der Waals surface area (Å²) in [5, 5.41) is 3.95. The van der Waals surface area contributed by atoms with E-state index in [0.717, 1.165) is 17.5 Å². The maximum absolute atomic E-state index is 12.9. The molecule has 28 heavy (non-hydrogen) atoms. The molecule has 0 aliphatic carbocycles. The average molecular weight is 421 g/mol. The smallest absolute Gasteiger partial charge is 0.243 e. The van der Waals surface area contributed by atoms with Gasteiger partial charge in [0.1, 0.15) is 6.04 Å². The molecule has 6 heteroatoms. The van der Waals surface area contributed by atoms with E-state index in [1.54, 1.807) is 30.0 Å². The summed E-state index contributed by atoms with van der Waals surface area (Å²) in [5.41, 5.74) is 1.75. The Morgan fingerprint density at radius 1 is 1.07 bits per heavy atom. The summed E-state index contributed by atoms with van der Waals surface area (Å²) in [5.74, 6) is -0.254. The molecule has 0 bridgehead atoms. The maximum atomic E-state index is 12.9. The lowest BCUT2D eigenvalue weighted by molar-refractivity contribution is -0.141. The van der Waals surface area contributed by atoms with Gasteiger partial charge in [-0.1, -0.05) is 73.4 Å². The zero-order valence-corrected chi connectivity index (χ0v) is 17.8. The van der Waals surface area contributed by atoms with Crippen LogP contribution in [0.15, 0.2) is 48.5 Å². The summed E-state index contributed by atoms with van der Waals surface area (Å²) in [6.45, 7) is 4.61. The van der Waals surface area contributed by atoms with Gasteiger partial charge in [-0.2, -0.15) is 0 Å². The maximum Gasteiger partial charge on any atom is 0.243 e. The number of amides is 2. The van der Waals surface area contributed by atoms with Crippen LogP contribution in [0.5, 0.6) is 0 Å². The fourth-order valence-electron chi connectivity index (χ4n) is 2.96. The molecule has 0 saturated carbocycles. The molecular formula is C22H26Cl2N2O2. The van der Waals surface area contributed by atoms with Gasteiger partial charge in [-0.05, 0) is 29.7 Å². The minimum absolute atomic E-state index is 0.0985. The van der Waals surface area contributed by atoms with Crippen LogP contribution in [0.1, 0.15) is 37.8 Å². The highest BCUT2D eigenvalue weighted by atomic mass is 35.5. The molecule has 2 amide bonds. The molecule has 0 spiro atoms. The normalized spacial score (nSPS) is 11.7. The molecule has 0 aliphatic rings. The van der Waals surface area contributed by atoms with Gasteiger partial charge in [-0.15, -0.1) is 0 Å². The Balaban J connectivity index is 2.36. The van der Waals surface area contributed by atoms with Crippen LogP contribution in [0.2, 0.25) is 10.0 Å². The van der Waals surface area contributed by atoms with Crippen molar-refractivity contribution in [3.05, 3.63) is 69.7 Å². The van der Waals surface area contributed by atoms with Gasteiger partial charge in [0.15, 0.2) is 0 Å². The van der Waals surface area contributed by atoms with Crippen LogP contribution >= 0.6 is 23.2 Å². The predicted molar refractivity (Wildman–Crippen MR) is 115 cm³/mol. The van der Waals surface area contributed by atoms with E-state index in [2.05, 4.69) is 5.32 Å². The number of halogens is 2. The molecule has 2 rings (SSSR count). The van der Waals surface area contributed by atoms with Crippen LogP contribution in [0.25, 0.3) is 0 Å². The van der Waals surface area contributed by atoms with Crippen LogP contribution in [-0.2, 0) is 22.6 Å². The first-order chi connectivity index (χ1) is 13.5. The Bertz CT molecular complexity index is 796. The average Bonchev–Trinajstić information content (AvgIpc) is 2.70. The van der Waals surface area contributed by atoms with E-state index >= 15 is 0 Å². The predicted octanol–water partition coefficient (Wildman–Crippen LogP) is 4.87. The van der Waals surface area contributed by atoms with Crippen molar-refractivity contribution in [1.29, 1.82) is 0 Å². The number of carbonyl (C=O) groups excluding carboxylic acids is 2. The van der Waals surface area contributed by atoms with Gasteiger partial charge in [0.25, 0.3) is 0 Å². The van der Waals surface area contributed by atoms with Crippen molar-refractivity contribution >= 4 is 35.0 Å². The van der Waals surface area contributed by atoms with E-state index in [9.17, 15) is 9.59 Å². The first-order valence-electron chi connectivity index (χ1n) is 9.51. The molecule has 0 radical (unpaired) electrons. The highest BCUT2D eigenvalue weighted by Gasteiger charge is 2.29. The molecule has 1 atom stereocenters. The third kappa shape index (κ3) is 6.25. The molecule has 0 unspecified atom stereocenters. The van der Waals surface area contributed by atoms with Crippen LogP contribution in [0.3, 0.4) is 0 Å². The van der Waals surface area contributed by atoms with Crippen LogP contribution in [-0.4, -0.2) is 29.3 Å². The molecule has 0 aliphatic heterocycles. The first kappa shape index (κ1) is 22.3. The van der Waals surface area contributed by atoms with Gasteiger partial charge in [-0.3, -0.25) is 9.59 Å². The quantitative estimate of drug-likeness (QED) is 0.628. The van der Waals surface area contributed by atoms with Gasteiger partial charge in [0.2, 0.25) is 11.8 Å². The van der Waals surface area contributed by atoms with Gasteiger partial charge in [-0.25, -0.2) is 0 Å². The molecule has 0 saturated heterocycles. The van der Waals surface area contributed by atoms with E-state index < -0.39 is 6.04 Å². The number of carbonyl (C=O) groups is 2. The summed E-state index contributed by atoms with van der Waals surface area (Å²) in [7, 11) is 0. The number of rotatable bonds is 9. The fraction of sp³-hybridized carbons (Fsp3) is 0.364. The van der Waals surface area contributed by atoms with Gasteiger partial charge in [0.05, 0.1) is 0 Å². The minimum atomic E-state index is -0.617. The van der Waals surface area contributed by atoms with Crippen molar-refractivity contribution in [2.75, 3.05) is 6.54 Å². The van der Waals surface area contributed by atoms with Crippen molar-refractivity contribution in [1.82, 2.24) is 10.2 Å². The van der Waals surface area contributed by atoms with Crippen LogP contribution < -0.4 is 5.32 Å². The second-order valence-electron chi connectivity index (χ2n) is 6.61. The third-order valence-electron chi connectivity index (χ3n) is 4.48. The molecule has 4 nitrogen and oxygen atoms in total. The number of nitrogens with one attached hydrogen (secondary N) is 1. The number of nitrogens with zero attached hydrogens (tertiary/aromatic N) is 1. The fourth-order valence-corrected chi connectivity index (χ4v) is 3.42. The SMILES string of the molecule is CCCNC(=O)[C@@H](Cc1ccccc1)N(Cc1ccc(Cl)cc1Cl)C(=O)CC. The van der Waals surface area contributed by atoms with Gasteiger partial charge < -0.3 is 10.2 Å². The summed E-state index contributed by atoms with van der Waals surface area (Å²) >= 11 is 12.3. The molecule has 150 valence electrons. The first-order valence-corrected chi connectivity index (χ1v) is 10.3. The Hall–Kier alpha value is -2.04. The summed E-state index contributed by atoms with van der Waals surface area (Å²) in [6, 6.07) is 14.3. The largest absolute Gasteiger partial charge is 0.354 e. The number of hydrogen-bond acceptors (Lipinski definition) is 2. The van der Waals surface area contributed by atoms with Crippen molar-refractivity contribution < 1.29 is 9.59 Å². The Labute approximate surface area is 176 Å². The summed E-state index contributed by atoms with van der Waals surface area (Å²) in [6.07, 6.45) is 1.57. The third-order valence-corrected chi connectivity index (χ3v) is 5.07. The lowest BCUT2D eigenvalue weighted by Gasteiger charge is -2.31. The van der Waals surface area contributed by atoms with E-state index in [1.807, 2.05) is 37.3 Å². The Kier molecular flexibility index (Phi) is 8.81. The van der Waals surface area contributed by atoms with E-state index in [1.165, 1.54) is 0 Å². The van der Waals surface area contributed by atoms with E-state index in [-0.39, 0.29) is 18.4 Å². The Morgan fingerprint density at radius 3 is 2.39 bits per heavy atom. The monoisotopic (exact) mass is 420 g/mol. The minimum Gasteiger partial charge on any atom is -0.354 e. The topological polar surface area (TPSA) is 49.4 Å². The van der Waals surface area contributed by atoms with E-state index in [0.29, 0.717) is 29.4 Å². The second-order valence-corrected chi connectivity index (χ2v) is 7.45.